The summed E-state index contributed by atoms with van der Waals surface area (Å²) in [5.41, 5.74) is 1.70. The minimum absolute atomic E-state index is 0.361. The van der Waals surface area contributed by atoms with E-state index in [2.05, 4.69) is 14.7 Å². The van der Waals surface area contributed by atoms with Crippen molar-refractivity contribution in [1.82, 2.24) is 14.7 Å². The van der Waals surface area contributed by atoms with Crippen LogP contribution in [0.25, 0.3) is 11.3 Å². The monoisotopic (exact) mass is 329 g/mol. The number of nitrogens with zero attached hydrogens (tertiary/aromatic N) is 3. The van der Waals surface area contributed by atoms with Gasteiger partial charge in [0.25, 0.3) is 0 Å². The molecule has 0 radical (unpaired) electrons. The lowest BCUT2D eigenvalue weighted by Gasteiger charge is -2.10. The lowest BCUT2D eigenvalue weighted by atomic mass is 10.1. The number of imidazole rings is 1. The van der Waals surface area contributed by atoms with E-state index in [9.17, 15) is 0 Å². The number of ether oxygens (including phenoxy) is 1. The fraction of sp³-hybridized carbons (Fsp3) is 0.294. The molecule has 1 atom stereocenters. The van der Waals surface area contributed by atoms with E-state index in [0.717, 1.165) is 36.7 Å². The van der Waals surface area contributed by atoms with E-state index in [-0.39, 0.29) is 0 Å². The Balaban J connectivity index is 1.57. The number of benzene rings is 1. The summed E-state index contributed by atoms with van der Waals surface area (Å²) in [7, 11) is 0. The standard InChI is InChI=1S/C17H16ClN3O2/c18-15-4-2-1-3-14(15)16-9-13(20-23-16)10-21-7-6-19-17(21)12-5-8-22-11-12/h1-4,6-7,9,12H,5,8,10-11H2/t12-/m0/s1. The van der Waals surface area contributed by atoms with Gasteiger partial charge in [0.05, 0.1) is 18.2 Å². The second kappa shape index (κ2) is 6.18. The summed E-state index contributed by atoms with van der Waals surface area (Å²) in [4.78, 5) is 4.48. The van der Waals surface area contributed by atoms with Crippen molar-refractivity contribution >= 4 is 11.6 Å². The maximum atomic E-state index is 6.21. The fourth-order valence-electron chi connectivity index (χ4n) is 2.90. The van der Waals surface area contributed by atoms with Crippen molar-refractivity contribution in [2.45, 2.75) is 18.9 Å². The fourth-order valence-corrected chi connectivity index (χ4v) is 3.13. The molecular formula is C17H16ClN3O2. The molecule has 0 aliphatic carbocycles. The van der Waals surface area contributed by atoms with Crippen LogP contribution in [-0.2, 0) is 11.3 Å². The minimum atomic E-state index is 0.361. The van der Waals surface area contributed by atoms with E-state index in [4.69, 9.17) is 20.9 Å². The number of aromatic nitrogens is 3. The number of halogens is 1. The Morgan fingerprint density at radius 1 is 1.30 bits per heavy atom. The third-order valence-electron chi connectivity index (χ3n) is 4.07. The molecule has 1 fully saturated rings. The van der Waals surface area contributed by atoms with E-state index < -0.39 is 0 Å². The summed E-state index contributed by atoms with van der Waals surface area (Å²) in [5.74, 6) is 2.08. The maximum Gasteiger partial charge on any atom is 0.168 e. The summed E-state index contributed by atoms with van der Waals surface area (Å²) in [6.07, 6.45) is 4.81. The molecule has 6 heteroatoms. The average Bonchev–Trinajstić information content (AvgIpc) is 3.29. The first-order valence-corrected chi connectivity index (χ1v) is 7.98. The highest BCUT2D eigenvalue weighted by atomic mass is 35.5. The van der Waals surface area contributed by atoms with Crippen LogP contribution < -0.4 is 0 Å². The molecule has 4 rings (SSSR count). The lowest BCUT2D eigenvalue weighted by molar-refractivity contribution is 0.192. The molecule has 3 aromatic rings. The molecule has 0 unspecified atom stereocenters. The SMILES string of the molecule is Clc1ccccc1-c1cc(Cn2ccnc2[C@H]2CCOC2)no1. The first kappa shape index (κ1) is 14.5. The van der Waals surface area contributed by atoms with E-state index in [0.29, 0.717) is 23.2 Å². The predicted octanol–water partition coefficient (Wildman–Crippen LogP) is 3.74. The Morgan fingerprint density at radius 2 is 2.22 bits per heavy atom. The van der Waals surface area contributed by atoms with Crippen molar-refractivity contribution in [3.63, 3.8) is 0 Å². The average molecular weight is 330 g/mol. The molecule has 0 spiro atoms. The topological polar surface area (TPSA) is 53.1 Å². The number of rotatable bonds is 4. The highest BCUT2D eigenvalue weighted by Crippen LogP contribution is 2.29. The smallest absolute Gasteiger partial charge is 0.168 e. The highest BCUT2D eigenvalue weighted by molar-refractivity contribution is 6.33. The van der Waals surface area contributed by atoms with Gasteiger partial charge in [0.15, 0.2) is 5.76 Å². The molecule has 1 aromatic carbocycles. The third-order valence-corrected chi connectivity index (χ3v) is 4.40. The summed E-state index contributed by atoms with van der Waals surface area (Å²) in [5, 5.41) is 4.82. The van der Waals surface area contributed by atoms with Crippen LogP contribution >= 0.6 is 11.6 Å². The summed E-state index contributed by atoms with van der Waals surface area (Å²) in [6.45, 7) is 2.17. The molecule has 0 bridgehead atoms. The van der Waals surface area contributed by atoms with Crippen molar-refractivity contribution in [2.24, 2.45) is 0 Å². The Morgan fingerprint density at radius 3 is 3.04 bits per heavy atom. The molecule has 1 aliphatic rings. The van der Waals surface area contributed by atoms with Crippen LogP contribution in [0.2, 0.25) is 5.02 Å². The number of hydrogen-bond donors (Lipinski definition) is 0. The molecule has 3 heterocycles. The molecule has 0 N–H and O–H groups in total. The maximum absolute atomic E-state index is 6.21. The van der Waals surface area contributed by atoms with Gasteiger partial charge in [-0.2, -0.15) is 0 Å². The van der Waals surface area contributed by atoms with Gasteiger partial charge in [-0.25, -0.2) is 4.98 Å². The molecule has 0 amide bonds. The van der Waals surface area contributed by atoms with Crippen LogP contribution in [0.5, 0.6) is 0 Å². The van der Waals surface area contributed by atoms with Gasteiger partial charge in [-0.3, -0.25) is 0 Å². The van der Waals surface area contributed by atoms with Crippen LogP contribution in [0, 0.1) is 0 Å². The summed E-state index contributed by atoms with van der Waals surface area (Å²) < 4.78 is 13.0. The van der Waals surface area contributed by atoms with Crippen molar-refractivity contribution in [3.05, 3.63) is 59.3 Å². The molecule has 1 saturated heterocycles. The first-order valence-electron chi connectivity index (χ1n) is 7.60. The van der Waals surface area contributed by atoms with Gasteiger partial charge in [-0.15, -0.1) is 0 Å². The molecule has 1 aliphatic heterocycles. The second-order valence-electron chi connectivity index (χ2n) is 5.64. The van der Waals surface area contributed by atoms with Crippen molar-refractivity contribution in [3.8, 4) is 11.3 Å². The zero-order valence-corrected chi connectivity index (χ0v) is 13.2. The molecule has 0 saturated carbocycles. The molecule has 23 heavy (non-hydrogen) atoms. The van der Waals surface area contributed by atoms with E-state index in [1.165, 1.54) is 0 Å². The van der Waals surface area contributed by atoms with Gasteiger partial charge in [0, 0.05) is 36.5 Å². The van der Waals surface area contributed by atoms with Crippen LogP contribution in [0.3, 0.4) is 0 Å². The van der Waals surface area contributed by atoms with Gasteiger partial charge < -0.3 is 13.8 Å². The van der Waals surface area contributed by atoms with Gasteiger partial charge in [0.1, 0.15) is 11.5 Å². The van der Waals surface area contributed by atoms with Gasteiger partial charge in [-0.05, 0) is 18.6 Å². The van der Waals surface area contributed by atoms with Gasteiger partial charge in [0.2, 0.25) is 0 Å². The predicted molar refractivity (Wildman–Crippen MR) is 86.5 cm³/mol. The Kier molecular flexibility index (Phi) is 3.89. The normalized spacial score (nSPS) is 17.7. The molecule has 118 valence electrons. The van der Waals surface area contributed by atoms with Gasteiger partial charge in [-0.1, -0.05) is 28.9 Å². The van der Waals surface area contributed by atoms with Crippen molar-refractivity contribution in [1.29, 1.82) is 0 Å². The van der Waals surface area contributed by atoms with Crippen molar-refractivity contribution in [2.75, 3.05) is 13.2 Å². The quantitative estimate of drug-likeness (QED) is 0.731. The Bertz CT molecular complexity index is 806. The van der Waals surface area contributed by atoms with E-state index in [1.54, 1.807) is 0 Å². The minimum Gasteiger partial charge on any atom is -0.381 e. The molecular weight excluding hydrogens is 314 g/mol. The van der Waals surface area contributed by atoms with Crippen LogP contribution in [0.1, 0.15) is 23.9 Å². The highest BCUT2D eigenvalue weighted by Gasteiger charge is 2.22. The first-order chi connectivity index (χ1) is 11.3. The molecule has 5 nitrogen and oxygen atoms in total. The van der Waals surface area contributed by atoms with E-state index in [1.807, 2.05) is 42.7 Å². The zero-order valence-electron chi connectivity index (χ0n) is 12.5. The van der Waals surface area contributed by atoms with Crippen molar-refractivity contribution < 1.29 is 9.26 Å². The third kappa shape index (κ3) is 2.90. The van der Waals surface area contributed by atoms with Crippen LogP contribution in [-0.4, -0.2) is 27.9 Å². The Hall–Kier alpha value is -2.11. The van der Waals surface area contributed by atoms with E-state index >= 15 is 0 Å². The zero-order chi connectivity index (χ0) is 15.6. The summed E-state index contributed by atoms with van der Waals surface area (Å²) >= 11 is 6.21. The van der Waals surface area contributed by atoms with Crippen LogP contribution in [0.15, 0.2) is 47.2 Å². The lowest BCUT2D eigenvalue weighted by Crippen LogP contribution is -2.10. The Labute approximate surface area is 138 Å². The van der Waals surface area contributed by atoms with Crippen LogP contribution in [0.4, 0.5) is 0 Å². The number of hydrogen-bond acceptors (Lipinski definition) is 4. The second-order valence-corrected chi connectivity index (χ2v) is 6.04. The largest absolute Gasteiger partial charge is 0.381 e. The van der Waals surface area contributed by atoms with Gasteiger partial charge >= 0.3 is 0 Å². The molecule has 2 aromatic heterocycles. The summed E-state index contributed by atoms with van der Waals surface area (Å²) in [6, 6.07) is 9.51.